The summed E-state index contributed by atoms with van der Waals surface area (Å²) >= 11 is 6.71. The first kappa shape index (κ1) is 15.9. The van der Waals surface area contributed by atoms with Crippen LogP contribution in [0.5, 0.6) is 0 Å². The summed E-state index contributed by atoms with van der Waals surface area (Å²) in [6.07, 6.45) is 0. The number of nitrogens with zero attached hydrogens (tertiary/aromatic N) is 2. The normalized spacial score (nSPS) is 16.9. The van der Waals surface area contributed by atoms with Crippen LogP contribution in [0.3, 0.4) is 0 Å². The minimum Gasteiger partial charge on any atom is -0.301 e. The number of halogens is 1. The molecule has 24 heavy (non-hydrogen) atoms. The lowest BCUT2D eigenvalue weighted by Gasteiger charge is -2.34. The Balaban J connectivity index is 1.79. The average molecular weight is 339 g/mol. The zero-order chi connectivity index (χ0) is 16.5. The summed E-state index contributed by atoms with van der Waals surface area (Å²) in [5, 5.41) is 5.79. The molecule has 3 heteroatoms. The Morgan fingerprint density at radius 1 is 0.750 bits per heavy atom. The molecular weight excluding hydrogens is 316 g/mol. The smallest absolute Gasteiger partial charge is 0.0562 e. The molecular formula is C21H23ClN2. The molecule has 0 saturated carbocycles. The molecule has 1 fully saturated rings. The summed E-state index contributed by atoms with van der Waals surface area (Å²) in [5.74, 6) is 0. The zero-order valence-corrected chi connectivity index (χ0v) is 14.9. The van der Waals surface area contributed by atoms with E-state index in [-0.39, 0.29) is 0 Å². The maximum Gasteiger partial charge on any atom is 0.0562 e. The average Bonchev–Trinajstić information content (AvgIpc) is 2.65. The zero-order valence-electron chi connectivity index (χ0n) is 14.1. The van der Waals surface area contributed by atoms with Crippen LogP contribution in [0.25, 0.3) is 21.5 Å². The maximum absolute atomic E-state index is 6.71. The summed E-state index contributed by atoms with van der Waals surface area (Å²) in [5.41, 5.74) is 1.41. The third-order valence-corrected chi connectivity index (χ3v) is 5.68. The summed E-state index contributed by atoms with van der Waals surface area (Å²) in [6.45, 7) is 9.00. The molecule has 3 aromatic carbocycles. The highest BCUT2D eigenvalue weighted by molar-refractivity contribution is 6.41. The first-order valence-corrected chi connectivity index (χ1v) is 9.18. The van der Waals surface area contributed by atoms with Gasteiger partial charge in [-0.3, -0.25) is 4.90 Å². The third-order valence-electron chi connectivity index (χ3n) is 5.27. The van der Waals surface area contributed by atoms with E-state index in [4.69, 9.17) is 11.6 Å². The maximum atomic E-state index is 6.71. The van der Waals surface area contributed by atoms with Gasteiger partial charge in [0, 0.05) is 43.5 Å². The first-order valence-electron chi connectivity index (χ1n) is 8.80. The molecule has 4 rings (SSSR count). The summed E-state index contributed by atoms with van der Waals surface area (Å²) in [6, 6.07) is 17.1. The molecule has 0 spiro atoms. The second kappa shape index (κ2) is 6.72. The van der Waals surface area contributed by atoms with Crippen molar-refractivity contribution < 1.29 is 0 Å². The predicted molar refractivity (Wildman–Crippen MR) is 104 cm³/mol. The molecule has 0 unspecified atom stereocenters. The SMILES string of the molecule is CCN1CCN(Cc2c3ccccc3c(Cl)c3ccccc23)CC1. The highest BCUT2D eigenvalue weighted by atomic mass is 35.5. The number of benzene rings is 3. The lowest BCUT2D eigenvalue weighted by atomic mass is 9.96. The van der Waals surface area contributed by atoms with Crippen molar-refractivity contribution in [3.8, 4) is 0 Å². The van der Waals surface area contributed by atoms with Crippen LogP contribution in [0.1, 0.15) is 12.5 Å². The predicted octanol–water partition coefficient (Wildman–Crippen LogP) is 4.78. The molecule has 2 nitrogen and oxygen atoms in total. The summed E-state index contributed by atoms with van der Waals surface area (Å²) in [7, 11) is 0. The Labute approximate surface area is 148 Å². The first-order chi connectivity index (χ1) is 11.8. The number of rotatable bonds is 3. The Bertz CT molecular complexity index is 809. The molecule has 3 aromatic rings. The third kappa shape index (κ3) is 2.79. The summed E-state index contributed by atoms with van der Waals surface area (Å²) < 4.78 is 0. The van der Waals surface area contributed by atoms with E-state index in [9.17, 15) is 0 Å². The van der Waals surface area contributed by atoms with E-state index in [0.717, 1.165) is 31.2 Å². The van der Waals surface area contributed by atoms with E-state index < -0.39 is 0 Å². The molecule has 0 N–H and O–H groups in total. The van der Waals surface area contributed by atoms with Crippen molar-refractivity contribution in [1.82, 2.24) is 9.80 Å². The van der Waals surface area contributed by atoms with Gasteiger partial charge in [0.15, 0.2) is 0 Å². The van der Waals surface area contributed by atoms with Crippen molar-refractivity contribution in [3.05, 3.63) is 59.1 Å². The second-order valence-corrected chi connectivity index (χ2v) is 6.97. The quantitative estimate of drug-likeness (QED) is 0.634. The van der Waals surface area contributed by atoms with Crippen LogP contribution in [-0.2, 0) is 6.54 Å². The molecule has 1 aliphatic heterocycles. The lowest BCUT2D eigenvalue weighted by Crippen LogP contribution is -2.45. The van der Waals surface area contributed by atoms with E-state index >= 15 is 0 Å². The van der Waals surface area contributed by atoms with Gasteiger partial charge in [0.2, 0.25) is 0 Å². The van der Waals surface area contributed by atoms with Crippen LogP contribution < -0.4 is 0 Å². The van der Waals surface area contributed by atoms with Gasteiger partial charge in [0.05, 0.1) is 5.02 Å². The van der Waals surface area contributed by atoms with Gasteiger partial charge in [-0.15, -0.1) is 0 Å². The van der Waals surface area contributed by atoms with Gasteiger partial charge < -0.3 is 4.90 Å². The molecule has 0 radical (unpaired) electrons. The van der Waals surface area contributed by atoms with Gasteiger partial charge in [0.1, 0.15) is 0 Å². The van der Waals surface area contributed by atoms with Crippen LogP contribution in [0, 0.1) is 0 Å². The molecule has 0 atom stereocenters. The fourth-order valence-electron chi connectivity index (χ4n) is 3.82. The van der Waals surface area contributed by atoms with Crippen molar-refractivity contribution in [1.29, 1.82) is 0 Å². The molecule has 1 aliphatic rings. The van der Waals surface area contributed by atoms with Crippen molar-refractivity contribution in [3.63, 3.8) is 0 Å². The fourth-order valence-corrected chi connectivity index (χ4v) is 4.15. The highest BCUT2D eigenvalue weighted by Gasteiger charge is 2.19. The fraction of sp³-hybridized carbons (Fsp3) is 0.333. The molecule has 1 heterocycles. The number of fused-ring (bicyclic) bond motifs is 2. The molecule has 1 saturated heterocycles. The van der Waals surface area contributed by atoms with Crippen molar-refractivity contribution in [2.45, 2.75) is 13.5 Å². The summed E-state index contributed by atoms with van der Waals surface area (Å²) in [4.78, 5) is 5.10. The Hall–Kier alpha value is -1.61. The molecule has 0 aromatic heterocycles. The van der Waals surface area contributed by atoms with Crippen LogP contribution in [0.15, 0.2) is 48.5 Å². The molecule has 0 aliphatic carbocycles. The van der Waals surface area contributed by atoms with Gasteiger partial charge in [-0.1, -0.05) is 67.1 Å². The lowest BCUT2D eigenvalue weighted by molar-refractivity contribution is 0.132. The Morgan fingerprint density at radius 3 is 1.71 bits per heavy atom. The van der Waals surface area contributed by atoms with Gasteiger partial charge in [-0.05, 0) is 22.9 Å². The number of hydrogen-bond acceptors (Lipinski definition) is 2. The highest BCUT2D eigenvalue weighted by Crippen LogP contribution is 2.36. The van der Waals surface area contributed by atoms with Crippen LogP contribution in [-0.4, -0.2) is 42.5 Å². The van der Waals surface area contributed by atoms with E-state index in [2.05, 4.69) is 65.3 Å². The topological polar surface area (TPSA) is 6.48 Å². The van der Waals surface area contributed by atoms with Gasteiger partial charge in [0.25, 0.3) is 0 Å². The Kier molecular flexibility index (Phi) is 4.45. The van der Waals surface area contributed by atoms with Crippen LogP contribution >= 0.6 is 11.6 Å². The van der Waals surface area contributed by atoms with Gasteiger partial charge in [-0.25, -0.2) is 0 Å². The van der Waals surface area contributed by atoms with Crippen LogP contribution in [0.2, 0.25) is 5.02 Å². The van der Waals surface area contributed by atoms with Crippen LogP contribution in [0.4, 0.5) is 0 Å². The minimum atomic E-state index is 0.876. The standard InChI is InChI=1S/C21H23ClN2/c1-2-23-11-13-24(14-12-23)15-20-16-7-3-5-9-18(16)21(22)19-10-6-4-8-17(19)20/h3-10H,2,11-15H2,1H3. The minimum absolute atomic E-state index is 0.876. The van der Waals surface area contributed by atoms with Crippen molar-refractivity contribution >= 4 is 33.1 Å². The number of piperazine rings is 1. The van der Waals surface area contributed by atoms with E-state index in [1.807, 2.05) is 0 Å². The second-order valence-electron chi connectivity index (χ2n) is 6.59. The largest absolute Gasteiger partial charge is 0.301 e. The van der Waals surface area contributed by atoms with Crippen molar-refractivity contribution in [2.75, 3.05) is 32.7 Å². The van der Waals surface area contributed by atoms with E-state index in [1.54, 1.807) is 0 Å². The van der Waals surface area contributed by atoms with Gasteiger partial charge >= 0.3 is 0 Å². The number of likely N-dealkylation sites (N-methyl/N-ethyl adjacent to an activating group) is 1. The van der Waals surface area contributed by atoms with Crippen molar-refractivity contribution in [2.24, 2.45) is 0 Å². The molecule has 0 amide bonds. The molecule has 0 bridgehead atoms. The van der Waals surface area contributed by atoms with E-state index in [0.29, 0.717) is 0 Å². The molecule has 124 valence electrons. The Morgan fingerprint density at radius 2 is 1.21 bits per heavy atom. The monoisotopic (exact) mass is 338 g/mol. The van der Waals surface area contributed by atoms with Gasteiger partial charge in [-0.2, -0.15) is 0 Å². The van der Waals surface area contributed by atoms with E-state index in [1.165, 1.54) is 40.2 Å². The number of hydrogen-bond donors (Lipinski definition) is 0.